The summed E-state index contributed by atoms with van der Waals surface area (Å²) in [6.07, 6.45) is 4.28. The molecule has 0 unspecified atom stereocenters. The van der Waals surface area contributed by atoms with Crippen molar-refractivity contribution in [1.82, 2.24) is 9.88 Å². The fraction of sp³-hybridized carbons (Fsp3) is 0.375. The molecule has 5 nitrogen and oxygen atoms in total. The highest BCUT2D eigenvalue weighted by atomic mass is 16.5. The SMILES string of the molecule is CC(=O)Nc1ccc2[nH]c3c(c2c1)CN(CCCc1cccc2c1OCC2)CC3. The van der Waals surface area contributed by atoms with Crippen molar-refractivity contribution in [3.63, 3.8) is 0 Å². The van der Waals surface area contributed by atoms with Crippen molar-refractivity contribution >= 4 is 22.5 Å². The standard InChI is InChI=1S/C24H27N3O2/c1-16(28)25-19-7-8-22-20(14-19)21-15-27(12-9-23(21)26-22)11-3-6-17-4-2-5-18-10-13-29-24(17)18/h2,4-5,7-8,14,26H,3,6,9-13,15H2,1H3,(H,25,28). The number of aryl methyl sites for hydroxylation is 1. The van der Waals surface area contributed by atoms with Crippen molar-refractivity contribution in [2.45, 2.75) is 39.2 Å². The summed E-state index contributed by atoms with van der Waals surface area (Å²) in [7, 11) is 0. The lowest BCUT2D eigenvalue weighted by Crippen LogP contribution is -2.31. The van der Waals surface area contributed by atoms with Crippen LogP contribution in [-0.2, 0) is 30.6 Å². The molecule has 5 rings (SSSR count). The number of rotatable bonds is 5. The molecule has 5 heteroatoms. The van der Waals surface area contributed by atoms with Gasteiger partial charge >= 0.3 is 0 Å². The highest BCUT2D eigenvalue weighted by Crippen LogP contribution is 2.32. The van der Waals surface area contributed by atoms with Gasteiger partial charge in [-0.15, -0.1) is 0 Å². The zero-order chi connectivity index (χ0) is 19.8. The third kappa shape index (κ3) is 3.62. The lowest BCUT2D eigenvalue weighted by molar-refractivity contribution is -0.114. The molecule has 0 bridgehead atoms. The fourth-order valence-electron chi connectivity index (χ4n) is 4.72. The van der Waals surface area contributed by atoms with Crippen LogP contribution in [0.1, 0.15) is 35.7 Å². The minimum atomic E-state index is -0.0354. The van der Waals surface area contributed by atoms with E-state index in [1.165, 1.54) is 27.8 Å². The van der Waals surface area contributed by atoms with E-state index in [0.717, 1.165) is 68.9 Å². The topological polar surface area (TPSA) is 57.4 Å². The number of hydrogen-bond donors (Lipinski definition) is 2. The zero-order valence-electron chi connectivity index (χ0n) is 16.9. The van der Waals surface area contributed by atoms with Gasteiger partial charge in [0.2, 0.25) is 5.91 Å². The molecule has 0 fully saturated rings. The molecule has 1 aromatic heterocycles. The van der Waals surface area contributed by atoms with Gasteiger partial charge in [-0.3, -0.25) is 9.69 Å². The molecular weight excluding hydrogens is 362 g/mol. The minimum absolute atomic E-state index is 0.0354. The first-order valence-corrected chi connectivity index (χ1v) is 10.5. The zero-order valence-corrected chi connectivity index (χ0v) is 16.9. The van der Waals surface area contributed by atoms with Gasteiger partial charge in [0.05, 0.1) is 6.61 Å². The van der Waals surface area contributed by atoms with Crippen LogP contribution >= 0.6 is 0 Å². The van der Waals surface area contributed by atoms with E-state index in [2.05, 4.69) is 45.5 Å². The van der Waals surface area contributed by atoms with E-state index in [1.54, 1.807) is 6.92 Å². The Labute approximate surface area is 171 Å². The lowest BCUT2D eigenvalue weighted by Gasteiger charge is -2.27. The number of benzene rings is 2. The van der Waals surface area contributed by atoms with E-state index < -0.39 is 0 Å². The summed E-state index contributed by atoms with van der Waals surface area (Å²) in [5, 5.41) is 4.13. The van der Waals surface area contributed by atoms with Crippen molar-refractivity contribution in [2.75, 3.05) is 25.0 Å². The number of hydrogen-bond acceptors (Lipinski definition) is 3. The second-order valence-electron chi connectivity index (χ2n) is 8.16. The van der Waals surface area contributed by atoms with Gasteiger partial charge in [0.15, 0.2) is 0 Å². The first kappa shape index (κ1) is 18.3. The van der Waals surface area contributed by atoms with Crippen LogP contribution in [0.2, 0.25) is 0 Å². The molecule has 150 valence electrons. The third-order valence-electron chi connectivity index (χ3n) is 6.09. The number of aromatic nitrogens is 1. The average Bonchev–Trinajstić information content (AvgIpc) is 3.32. The molecule has 2 aliphatic heterocycles. The number of nitrogens with zero attached hydrogens (tertiary/aromatic N) is 1. The van der Waals surface area contributed by atoms with E-state index in [4.69, 9.17) is 4.74 Å². The molecule has 29 heavy (non-hydrogen) atoms. The number of para-hydroxylation sites is 1. The normalized spacial score (nSPS) is 15.8. The van der Waals surface area contributed by atoms with Gasteiger partial charge in [-0.1, -0.05) is 18.2 Å². The predicted molar refractivity (Wildman–Crippen MR) is 116 cm³/mol. The number of carbonyl (C=O) groups excluding carboxylic acids is 1. The number of nitrogens with one attached hydrogen (secondary N) is 2. The van der Waals surface area contributed by atoms with Crippen LogP contribution in [0.15, 0.2) is 36.4 Å². The molecule has 0 spiro atoms. The Morgan fingerprint density at radius 3 is 3.07 bits per heavy atom. The van der Waals surface area contributed by atoms with Crippen LogP contribution in [0.25, 0.3) is 10.9 Å². The van der Waals surface area contributed by atoms with E-state index >= 15 is 0 Å². The molecule has 0 radical (unpaired) electrons. The molecule has 2 N–H and O–H groups in total. The summed E-state index contributed by atoms with van der Waals surface area (Å²) >= 11 is 0. The van der Waals surface area contributed by atoms with Crippen LogP contribution in [-0.4, -0.2) is 35.5 Å². The van der Waals surface area contributed by atoms with Crippen molar-refractivity contribution < 1.29 is 9.53 Å². The maximum absolute atomic E-state index is 11.4. The highest BCUT2D eigenvalue weighted by molar-refractivity contribution is 5.94. The Morgan fingerprint density at radius 1 is 1.24 bits per heavy atom. The molecule has 0 saturated heterocycles. The monoisotopic (exact) mass is 389 g/mol. The van der Waals surface area contributed by atoms with E-state index in [0.29, 0.717) is 0 Å². The van der Waals surface area contributed by atoms with Crippen LogP contribution < -0.4 is 10.1 Å². The fourth-order valence-corrected chi connectivity index (χ4v) is 4.72. The smallest absolute Gasteiger partial charge is 0.221 e. The van der Waals surface area contributed by atoms with Crippen LogP contribution in [0, 0.1) is 0 Å². The first-order chi connectivity index (χ1) is 14.2. The number of H-pyrrole nitrogens is 1. The van der Waals surface area contributed by atoms with Crippen molar-refractivity contribution in [3.8, 4) is 5.75 Å². The minimum Gasteiger partial charge on any atom is -0.493 e. The molecule has 0 atom stereocenters. The van der Waals surface area contributed by atoms with Gasteiger partial charge in [-0.25, -0.2) is 0 Å². The molecule has 1 amide bonds. The van der Waals surface area contributed by atoms with Gasteiger partial charge in [-0.2, -0.15) is 0 Å². The summed E-state index contributed by atoms with van der Waals surface area (Å²) < 4.78 is 5.85. The summed E-state index contributed by atoms with van der Waals surface area (Å²) in [6, 6.07) is 12.7. The Hall–Kier alpha value is -2.79. The van der Waals surface area contributed by atoms with E-state index in [1.807, 2.05) is 6.07 Å². The summed E-state index contributed by atoms with van der Waals surface area (Å²) in [5.74, 6) is 1.10. The number of fused-ring (bicyclic) bond motifs is 4. The Morgan fingerprint density at radius 2 is 2.17 bits per heavy atom. The van der Waals surface area contributed by atoms with Crippen LogP contribution in [0.4, 0.5) is 5.69 Å². The summed E-state index contributed by atoms with van der Waals surface area (Å²) in [4.78, 5) is 17.5. The van der Waals surface area contributed by atoms with Gasteiger partial charge in [-0.05, 0) is 54.3 Å². The van der Waals surface area contributed by atoms with Gasteiger partial charge < -0.3 is 15.0 Å². The third-order valence-corrected chi connectivity index (χ3v) is 6.09. The largest absolute Gasteiger partial charge is 0.493 e. The maximum atomic E-state index is 11.4. The Kier molecular flexibility index (Phi) is 4.76. The second-order valence-corrected chi connectivity index (χ2v) is 8.16. The quantitative estimate of drug-likeness (QED) is 0.692. The number of aromatic amines is 1. The molecule has 2 aromatic carbocycles. The second kappa shape index (κ2) is 7.56. The van der Waals surface area contributed by atoms with Crippen molar-refractivity contribution in [2.24, 2.45) is 0 Å². The molecule has 3 aromatic rings. The van der Waals surface area contributed by atoms with E-state index in [9.17, 15) is 4.79 Å². The summed E-state index contributed by atoms with van der Waals surface area (Å²) in [6.45, 7) is 5.50. The number of ether oxygens (including phenoxy) is 1. The Balaban J connectivity index is 1.27. The predicted octanol–water partition coefficient (Wildman–Crippen LogP) is 4.05. The van der Waals surface area contributed by atoms with Gasteiger partial charge in [0, 0.05) is 55.1 Å². The Bertz CT molecular complexity index is 1070. The number of anilines is 1. The molecule has 3 heterocycles. The van der Waals surface area contributed by atoms with Crippen molar-refractivity contribution in [1.29, 1.82) is 0 Å². The first-order valence-electron chi connectivity index (χ1n) is 10.5. The number of carbonyl (C=O) groups is 1. The lowest BCUT2D eigenvalue weighted by atomic mass is 10.0. The van der Waals surface area contributed by atoms with Gasteiger partial charge in [0.1, 0.15) is 5.75 Å². The average molecular weight is 389 g/mol. The van der Waals surface area contributed by atoms with Crippen molar-refractivity contribution in [3.05, 3.63) is 58.8 Å². The van der Waals surface area contributed by atoms with Crippen LogP contribution in [0.3, 0.4) is 0 Å². The highest BCUT2D eigenvalue weighted by Gasteiger charge is 2.21. The molecular formula is C24H27N3O2. The van der Waals surface area contributed by atoms with Crippen LogP contribution in [0.5, 0.6) is 5.75 Å². The number of amides is 1. The maximum Gasteiger partial charge on any atom is 0.221 e. The summed E-state index contributed by atoms with van der Waals surface area (Å²) in [5.41, 5.74) is 7.45. The van der Waals surface area contributed by atoms with Gasteiger partial charge in [0.25, 0.3) is 0 Å². The van der Waals surface area contributed by atoms with E-state index in [-0.39, 0.29) is 5.91 Å². The molecule has 0 saturated carbocycles. The molecule has 2 aliphatic rings. The molecule has 0 aliphatic carbocycles.